The van der Waals surface area contributed by atoms with E-state index in [0.717, 1.165) is 25.7 Å². The first-order valence-electron chi connectivity index (χ1n) is 20.5. The van der Waals surface area contributed by atoms with Crippen molar-refractivity contribution < 1.29 is 4.57 Å². The number of nitrogens with zero attached hydrogens (tertiary/aromatic N) is 3. The zero-order valence-corrected chi connectivity index (χ0v) is 32.9. The molecule has 1 aliphatic carbocycles. The summed E-state index contributed by atoms with van der Waals surface area (Å²) >= 11 is 0. The molecule has 272 valence electrons. The molecule has 0 radical (unpaired) electrons. The summed E-state index contributed by atoms with van der Waals surface area (Å²) in [6.45, 7) is 11.8. The number of benzene rings is 6. The molecule has 55 heavy (non-hydrogen) atoms. The van der Waals surface area contributed by atoms with Gasteiger partial charge >= 0.3 is 0 Å². The summed E-state index contributed by atoms with van der Waals surface area (Å²) in [5, 5.41) is 2.61. The number of pyridine rings is 1. The Bertz CT molecular complexity index is 2600. The number of aromatic nitrogens is 1. The maximum Gasteiger partial charge on any atom is 0.221 e. The lowest BCUT2D eigenvalue weighted by atomic mass is 9.78. The third-order valence-corrected chi connectivity index (χ3v) is 13.3. The molecule has 6 aromatic carbocycles. The molecule has 3 heterocycles. The van der Waals surface area contributed by atoms with E-state index in [1.54, 1.807) is 0 Å². The van der Waals surface area contributed by atoms with Crippen molar-refractivity contribution in [1.82, 2.24) is 0 Å². The highest BCUT2D eigenvalue weighted by molar-refractivity contribution is 6.03. The molecular formula is C52H50N3+. The summed E-state index contributed by atoms with van der Waals surface area (Å²) in [6.07, 6.45) is 9.15. The van der Waals surface area contributed by atoms with Crippen molar-refractivity contribution in [1.29, 1.82) is 0 Å². The fourth-order valence-electron chi connectivity index (χ4n) is 10.2. The van der Waals surface area contributed by atoms with Crippen LogP contribution in [-0.2, 0) is 23.8 Å². The van der Waals surface area contributed by atoms with Crippen LogP contribution in [-0.4, -0.2) is 0 Å². The fourth-order valence-corrected chi connectivity index (χ4v) is 10.2. The van der Waals surface area contributed by atoms with Gasteiger partial charge in [-0.05, 0) is 106 Å². The first-order valence-corrected chi connectivity index (χ1v) is 20.5. The molecule has 0 saturated heterocycles. The third kappa shape index (κ3) is 4.98. The van der Waals surface area contributed by atoms with Crippen molar-refractivity contribution in [3.63, 3.8) is 0 Å². The van der Waals surface area contributed by atoms with Gasteiger partial charge in [0.25, 0.3) is 0 Å². The maximum absolute atomic E-state index is 2.61. The summed E-state index contributed by atoms with van der Waals surface area (Å²) in [4.78, 5) is 4.98. The van der Waals surface area contributed by atoms with Gasteiger partial charge in [-0.2, -0.15) is 4.57 Å². The Labute approximate surface area is 326 Å². The lowest BCUT2D eigenvalue weighted by Crippen LogP contribution is -2.60. The SMILES string of the molecule is CCCCc1ccc2c(c1)-c1ccc(N3c4ccccc4N(c4ccc5c(c4)-c4c6ccccc6cc[n+]4C(CC)(CC)C5)c4ccccc43)cc1C2(C)C. The molecule has 10 rings (SSSR count). The molecule has 3 aliphatic rings. The molecule has 7 aromatic rings. The van der Waals surface area contributed by atoms with Crippen LogP contribution in [0.3, 0.4) is 0 Å². The van der Waals surface area contributed by atoms with Gasteiger partial charge in [-0.3, -0.25) is 0 Å². The lowest BCUT2D eigenvalue weighted by molar-refractivity contribution is -0.757. The van der Waals surface area contributed by atoms with Crippen LogP contribution in [0, 0.1) is 0 Å². The van der Waals surface area contributed by atoms with Crippen molar-refractivity contribution in [3.8, 4) is 22.4 Å². The van der Waals surface area contributed by atoms with Crippen molar-refractivity contribution in [2.24, 2.45) is 0 Å². The van der Waals surface area contributed by atoms with Crippen molar-refractivity contribution in [3.05, 3.63) is 162 Å². The standard InChI is InChI=1S/C52H50N3/c1-6-9-16-35-23-28-44-43(31-35)41-27-26-39(33-45(41)51(44,4)5)55-48-21-14-12-19-46(48)54(47-20-13-15-22-49(47)55)38-25-24-37-34-52(7-2,8-3)53-30-29-36-17-10-11-18-40(36)50(53)42(37)32-38/h10-15,17-33H,6-9,16,34H2,1-5H3/q+1. The molecule has 0 N–H and O–H groups in total. The van der Waals surface area contributed by atoms with E-state index in [1.165, 1.54) is 102 Å². The summed E-state index contributed by atoms with van der Waals surface area (Å²) in [6, 6.07) is 50.8. The number of para-hydroxylation sites is 4. The number of hydrogen-bond donors (Lipinski definition) is 0. The Kier molecular flexibility index (Phi) is 7.82. The predicted octanol–water partition coefficient (Wildman–Crippen LogP) is 13.8. The van der Waals surface area contributed by atoms with Crippen LogP contribution in [0.2, 0.25) is 0 Å². The molecule has 0 fully saturated rings. The van der Waals surface area contributed by atoms with E-state index in [1.807, 2.05) is 0 Å². The molecule has 0 atom stereocenters. The Balaban J connectivity index is 1.12. The highest BCUT2D eigenvalue weighted by atomic mass is 15.3. The van der Waals surface area contributed by atoms with Crippen molar-refractivity contribution in [2.75, 3.05) is 9.80 Å². The first kappa shape index (κ1) is 33.9. The van der Waals surface area contributed by atoms with Gasteiger partial charge in [0, 0.05) is 42.1 Å². The number of fused-ring (bicyclic) bond motifs is 10. The van der Waals surface area contributed by atoms with E-state index in [-0.39, 0.29) is 11.0 Å². The summed E-state index contributed by atoms with van der Waals surface area (Å²) in [5.74, 6) is 0. The van der Waals surface area contributed by atoms with E-state index >= 15 is 0 Å². The normalized spacial score (nSPS) is 15.5. The Morgan fingerprint density at radius 2 is 1.22 bits per heavy atom. The van der Waals surface area contributed by atoms with Gasteiger partial charge in [0.1, 0.15) is 0 Å². The van der Waals surface area contributed by atoms with Crippen LogP contribution in [0.25, 0.3) is 33.2 Å². The van der Waals surface area contributed by atoms with E-state index in [0.29, 0.717) is 0 Å². The van der Waals surface area contributed by atoms with Gasteiger partial charge in [0.05, 0.1) is 33.7 Å². The molecule has 2 aliphatic heterocycles. The summed E-state index contributed by atoms with van der Waals surface area (Å²) < 4.78 is 2.61. The summed E-state index contributed by atoms with van der Waals surface area (Å²) in [7, 11) is 0. The van der Waals surface area contributed by atoms with E-state index in [4.69, 9.17) is 0 Å². The van der Waals surface area contributed by atoms with Crippen LogP contribution in [0.1, 0.15) is 82.6 Å². The molecule has 3 heteroatoms. The number of unbranched alkanes of at least 4 members (excludes halogenated alkanes) is 1. The highest BCUT2D eigenvalue weighted by Gasteiger charge is 2.45. The van der Waals surface area contributed by atoms with Gasteiger partial charge in [-0.15, -0.1) is 0 Å². The Hall–Kier alpha value is -5.67. The quantitative estimate of drug-likeness (QED) is 0.152. The molecule has 0 bridgehead atoms. The van der Waals surface area contributed by atoms with Gasteiger partial charge in [-0.25, -0.2) is 0 Å². The van der Waals surface area contributed by atoms with E-state index < -0.39 is 0 Å². The largest absolute Gasteiger partial charge is 0.306 e. The minimum atomic E-state index is -0.0838. The molecule has 1 aromatic heterocycles. The second-order valence-electron chi connectivity index (χ2n) is 16.6. The second-order valence-corrected chi connectivity index (χ2v) is 16.6. The molecular weight excluding hydrogens is 667 g/mol. The van der Waals surface area contributed by atoms with Crippen LogP contribution in [0.5, 0.6) is 0 Å². The van der Waals surface area contributed by atoms with E-state index in [9.17, 15) is 0 Å². The first-order chi connectivity index (χ1) is 26.9. The predicted molar refractivity (Wildman–Crippen MR) is 231 cm³/mol. The Morgan fingerprint density at radius 3 is 1.89 bits per heavy atom. The van der Waals surface area contributed by atoms with Gasteiger partial charge in [-0.1, -0.05) is 114 Å². The number of anilines is 6. The van der Waals surface area contributed by atoms with Crippen molar-refractivity contribution >= 4 is 44.9 Å². The minimum Gasteiger partial charge on any atom is -0.306 e. The van der Waals surface area contributed by atoms with Crippen LogP contribution in [0.4, 0.5) is 34.1 Å². The fraction of sp³-hybridized carbons (Fsp3) is 0.250. The minimum absolute atomic E-state index is 0.0574. The number of aryl methyl sites for hydroxylation is 1. The average molecular weight is 717 g/mol. The Morgan fingerprint density at radius 1 is 0.582 bits per heavy atom. The number of hydrogen-bond acceptors (Lipinski definition) is 2. The van der Waals surface area contributed by atoms with Gasteiger partial charge in [0.2, 0.25) is 5.69 Å². The molecule has 0 spiro atoms. The zero-order valence-electron chi connectivity index (χ0n) is 32.9. The monoisotopic (exact) mass is 716 g/mol. The third-order valence-electron chi connectivity index (χ3n) is 13.3. The smallest absolute Gasteiger partial charge is 0.221 e. The molecule has 0 amide bonds. The highest BCUT2D eigenvalue weighted by Crippen LogP contribution is 2.57. The van der Waals surface area contributed by atoms with Crippen molar-refractivity contribution in [2.45, 2.75) is 84.1 Å². The topological polar surface area (TPSA) is 10.4 Å². The zero-order chi connectivity index (χ0) is 37.5. The van der Waals surface area contributed by atoms with Crippen LogP contribution >= 0.6 is 0 Å². The molecule has 3 nitrogen and oxygen atoms in total. The molecule has 0 saturated carbocycles. The van der Waals surface area contributed by atoms with Crippen LogP contribution < -0.4 is 14.4 Å². The average Bonchev–Trinajstić information content (AvgIpc) is 3.45. The molecule has 0 unspecified atom stereocenters. The lowest BCUT2D eigenvalue weighted by Gasteiger charge is -2.41. The van der Waals surface area contributed by atoms with Gasteiger partial charge in [0.15, 0.2) is 11.7 Å². The summed E-state index contributed by atoms with van der Waals surface area (Å²) in [5.41, 5.74) is 18.3. The maximum atomic E-state index is 2.61. The van der Waals surface area contributed by atoms with Crippen LogP contribution in [0.15, 0.2) is 140 Å². The van der Waals surface area contributed by atoms with E-state index in [2.05, 4.69) is 189 Å². The number of rotatable bonds is 7. The second kappa shape index (κ2) is 12.7. The van der Waals surface area contributed by atoms with Gasteiger partial charge < -0.3 is 9.80 Å².